The molecule has 2 aliphatic rings. The van der Waals surface area contributed by atoms with Crippen molar-refractivity contribution in [3.8, 4) is 11.5 Å². The van der Waals surface area contributed by atoms with Crippen LogP contribution in [0.2, 0.25) is 0 Å². The summed E-state index contributed by atoms with van der Waals surface area (Å²) < 4.78 is 11.1. The standard InChI is InChI=1S/C14H18O4/c1-8-6-11-9(7-10(8)17-3)13(2,15)14(16)5-4-12(14)18-11/h6-7,12,15-16H,4-5H2,1-3H3/t12-,13-,14-/m0/s1. The van der Waals surface area contributed by atoms with Crippen molar-refractivity contribution in [3.05, 3.63) is 23.3 Å². The summed E-state index contributed by atoms with van der Waals surface area (Å²) in [7, 11) is 1.59. The molecule has 1 fully saturated rings. The van der Waals surface area contributed by atoms with Crippen LogP contribution in [-0.2, 0) is 5.60 Å². The van der Waals surface area contributed by atoms with Gasteiger partial charge < -0.3 is 19.7 Å². The molecule has 1 heterocycles. The van der Waals surface area contributed by atoms with E-state index in [-0.39, 0.29) is 6.10 Å². The molecule has 18 heavy (non-hydrogen) atoms. The van der Waals surface area contributed by atoms with Gasteiger partial charge in [-0.3, -0.25) is 0 Å². The molecule has 0 saturated heterocycles. The first-order valence-corrected chi connectivity index (χ1v) is 6.20. The van der Waals surface area contributed by atoms with E-state index in [0.29, 0.717) is 23.5 Å². The molecule has 4 nitrogen and oxygen atoms in total. The predicted molar refractivity (Wildman–Crippen MR) is 65.9 cm³/mol. The minimum absolute atomic E-state index is 0.312. The van der Waals surface area contributed by atoms with Crippen LogP contribution in [0.5, 0.6) is 11.5 Å². The quantitative estimate of drug-likeness (QED) is 0.793. The van der Waals surface area contributed by atoms with E-state index in [9.17, 15) is 10.2 Å². The Labute approximate surface area is 106 Å². The highest BCUT2D eigenvalue weighted by molar-refractivity contribution is 5.52. The largest absolute Gasteiger partial charge is 0.496 e. The number of aliphatic hydroxyl groups is 2. The van der Waals surface area contributed by atoms with E-state index in [1.165, 1.54) is 0 Å². The lowest BCUT2D eigenvalue weighted by Crippen LogP contribution is -2.68. The van der Waals surface area contributed by atoms with E-state index in [0.717, 1.165) is 12.0 Å². The average molecular weight is 250 g/mol. The molecule has 1 aromatic carbocycles. The van der Waals surface area contributed by atoms with Crippen LogP contribution in [0.15, 0.2) is 12.1 Å². The number of hydrogen-bond donors (Lipinski definition) is 2. The highest BCUT2D eigenvalue weighted by Crippen LogP contribution is 2.54. The third kappa shape index (κ3) is 1.22. The third-order valence-corrected chi connectivity index (χ3v) is 4.45. The Kier molecular flexibility index (Phi) is 2.23. The molecule has 0 amide bonds. The minimum Gasteiger partial charge on any atom is -0.496 e. The second-order valence-corrected chi connectivity index (χ2v) is 5.46. The second kappa shape index (κ2) is 3.39. The highest BCUT2D eigenvalue weighted by atomic mass is 16.5. The van der Waals surface area contributed by atoms with Crippen molar-refractivity contribution in [1.82, 2.24) is 0 Å². The number of fused-ring (bicyclic) bond motifs is 2. The number of hydrogen-bond acceptors (Lipinski definition) is 4. The predicted octanol–water partition coefficient (Wildman–Crippen LogP) is 1.50. The van der Waals surface area contributed by atoms with Gasteiger partial charge in [-0.05, 0) is 44.4 Å². The molecule has 0 bridgehead atoms. The summed E-state index contributed by atoms with van der Waals surface area (Å²) in [6, 6.07) is 3.62. The fourth-order valence-corrected chi connectivity index (χ4v) is 2.99. The zero-order chi connectivity index (χ0) is 13.1. The second-order valence-electron chi connectivity index (χ2n) is 5.46. The average Bonchev–Trinajstić information content (AvgIpc) is 2.31. The van der Waals surface area contributed by atoms with Crippen LogP contribution in [-0.4, -0.2) is 29.0 Å². The Morgan fingerprint density at radius 1 is 1.39 bits per heavy atom. The van der Waals surface area contributed by atoms with Crippen molar-refractivity contribution in [2.45, 2.75) is 44.0 Å². The molecule has 4 heteroatoms. The molecule has 3 atom stereocenters. The van der Waals surface area contributed by atoms with Crippen LogP contribution in [0.4, 0.5) is 0 Å². The van der Waals surface area contributed by atoms with Crippen molar-refractivity contribution in [2.75, 3.05) is 7.11 Å². The topological polar surface area (TPSA) is 58.9 Å². The lowest BCUT2D eigenvalue weighted by atomic mass is 9.62. The Balaban J connectivity index is 2.18. The van der Waals surface area contributed by atoms with E-state index < -0.39 is 11.2 Å². The molecule has 0 radical (unpaired) electrons. The fourth-order valence-electron chi connectivity index (χ4n) is 2.99. The van der Waals surface area contributed by atoms with Crippen LogP contribution in [0.25, 0.3) is 0 Å². The maximum absolute atomic E-state index is 10.7. The van der Waals surface area contributed by atoms with Crippen LogP contribution >= 0.6 is 0 Å². The summed E-state index contributed by atoms with van der Waals surface area (Å²) in [5, 5.41) is 21.2. The first-order valence-electron chi connectivity index (χ1n) is 6.20. The molecule has 0 aromatic heterocycles. The van der Waals surface area contributed by atoms with Crippen molar-refractivity contribution >= 4 is 0 Å². The molecule has 1 aromatic rings. The number of methoxy groups -OCH3 is 1. The van der Waals surface area contributed by atoms with Gasteiger partial charge in [-0.2, -0.15) is 0 Å². The lowest BCUT2D eigenvalue weighted by Gasteiger charge is -2.56. The summed E-state index contributed by atoms with van der Waals surface area (Å²) in [5.41, 5.74) is -0.926. The Bertz CT molecular complexity index is 509. The number of ether oxygens (including phenoxy) is 2. The van der Waals surface area contributed by atoms with Crippen LogP contribution in [0.1, 0.15) is 30.9 Å². The van der Waals surface area contributed by atoms with Gasteiger partial charge in [0.05, 0.1) is 7.11 Å². The molecule has 2 N–H and O–H groups in total. The molecular weight excluding hydrogens is 232 g/mol. The molecule has 1 aliphatic carbocycles. The number of benzene rings is 1. The molecule has 3 rings (SSSR count). The first kappa shape index (κ1) is 11.8. The smallest absolute Gasteiger partial charge is 0.134 e. The van der Waals surface area contributed by atoms with Gasteiger partial charge in [0.2, 0.25) is 0 Å². The van der Waals surface area contributed by atoms with E-state index in [1.54, 1.807) is 20.1 Å². The Morgan fingerprint density at radius 2 is 2.11 bits per heavy atom. The highest BCUT2D eigenvalue weighted by Gasteiger charge is 2.63. The monoisotopic (exact) mass is 250 g/mol. The summed E-state index contributed by atoms with van der Waals surface area (Å²) in [6.45, 7) is 3.58. The van der Waals surface area contributed by atoms with Crippen LogP contribution < -0.4 is 9.47 Å². The summed E-state index contributed by atoms with van der Waals surface area (Å²) >= 11 is 0. The zero-order valence-corrected chi connectivity index (χ0v) is 10.9. The van der Waals surface area contributed by atoms with Gasteiger partial charge in [0, 0.05) is 5.56 Å². The van der Waals surface area contributed by atoms with Gasteiger partial charge >= 0.3 is 0 Å². The summed E-state index contributed by atoms with van der Waals surface area (Å²) in [6.07, 6.45) is 1.02. The van der Waals surface area contributed by atoms with Crippen molar-refractivity contribution in [1.29, 1.82) is 0 Å². The van der Waals surface area contributed by atoms with Gasteiger partial charge in [-0.25, -0.2) is 0 Å². The minimum atomic E-state index is -1.30. The van der Waals surface area contributed by atoms with E-state index in [2.05, 4.69) is 0 Å². The van der Waals surface area contributed by atoms with Gasteiger partial charge in [-0.15, -0.1) is 0 Å². The maximum atomic E-state index is 10.7. The lowest BCUT2D eigenvalue weighted by molar-refractivity contribution is -0.253. The van der Waals surface area contributed by atoms with Gasteiger partial charge in [0.1, 0.15) is 28.8 Å². The third-order valence-electron chi connectivity index (χ3n) is 4.45. The fraction of sp³-hybridized carbons (Fsp3) is 0.571. The van der Waals surface area contributed by atoms with E-state index in [4.69, 9.17) is 9.47 Å². The first-order chi connectivity index (χ1) is 8.40. The molecule has 0 unspecified atom stereocenters. The Morgan fingerprint density at radius 3 is 2.67 bits per heavy atom. The van der Waals surface area contributed by atoms with Gasteiger partial charge in [0.25, 0.3) is 0 Å². The molecular formula is C14H18O4. The SMILES string of the molecule is COc1cc2c(cc1C)O[C@H]1CC[C@@]1(O)[C@@]2(C)O. The van der Waals surface area contributed by atoms with Crippen molar-refractivity contribution in [3.63, 3.8) is 0 Å². The van der Waals surface area contributed by atoms with Gasteiger partial charge in [-0.1, -0.05) is 0 Å². The normalized spacial score (nSPS) is 37.1. The summed E-state index contributed by atoms with van der Waals surface area (Å²) in [5.74, 6) is 1.34. The molecule has 1 aliphatic heterocycles. The van der Waals surface area contributed by atoms with Gasteiger partial charge in [0.15, 0.2) is 0 Å². The van der Waals surface area contributed by atoms with Crippen molar-refractivity contribution < 1.29 is 19.7 Å². The van der Waals surface area contributed by atoms with Crippen LogP contribution in [0.3, 0.4) is 0 Å². The van der Waals surface area contributed by atoms with E-state index >= 15 is 0 Å². The summed E-state index contributed by atoms with van der Waals surface area (Å²) in [4.78, 5) is 0. The molecule has 1 saturated carbocycles. The van der Waals surface area contributed by atoms with Crippen LogP contribution in [0, 0.1) is 6.92 Å². The number of aryl methyl sites for hydroxylation is 1. The Hall–Kier alpha value is -1.26. The molecule has 0 spiro atoms. The van der Waals surface area contributed by atoms with Crippen molar-refractivity contribution in [2.24, 2.45) is 0 Å². The maximum Gasteiger partial charge on any atom is 0.134 e. The molecule has 98 valence electrons. The number of rotatable bonds is 1. The van der Waals surface area contributed by atoms with E-state index in [1.807, 2.05) is 13.0 Å². The zero-order valence-electron chi connectivity index (χ0n) is 10.9.